The SMILES string of the molecule is C[SH]1C=Nc2ccc(F)cc21. The lowest BCUT2D eigenvalue weighted by Gasteiger charge is -2.04. The fraction of sp³-hybridized carbons (Fsp3) is 0.125. The van der Waals surface area contributed by atoms with Crippen molar-refractivity contribution in [3.05, 3.63) is 24.0 Å². The van der Waals surface area contributed by atoms with E-state index in [4.69, 9.17) is 0 Å². The Kier molecular flexibility index (Phi) is 1.46. The van der Waals surface area contributed by atoms with Crippen molar-refractivity contribution >= 4 is 22.1 Å². The van der Waals surface area contributed by atoms with E-state index in [2.05, 4.69) is 11.2 Å². The van der Waals surface area contributed by atoms with Crippen molar-refractivity contribution in [3.8, 4) is 0 Å². The molecule has 0 amide bonds. The minimum absolute atomic E-state index is 0.163. The molecule has 11 heavy (non-hydrogen) atoms. The van der Waals surface area contributed by atoms with E-state index in [0.717, 1.165) is 10.6 Å². The van der Waals surface area contributed by atoms with Gasteiger partial charge in [-0.15, -0.1) is 0 Å². The Bertz CT molecular complexity index is 322. The first kappa shape index (κ1) is 6.85. The number of hydrogen-bond donors (Lipinski definition) is 1. The number of rotatable bonds is 0. The quantitative estimate of drug-likeness (QED) is 0.573. The average molecular weight is 169 g/mol. The summed E-state index contributed by atoms with van der Waals surface area (Å²) in [5.74, 6) is -0.163. The number of benzene rings is 1. The molecule has 0 spiro atoms. The van der Waals surface area contributed by atoms with Crippen LogP contribution in [0.1, 0.15) is 0 Å². The smallest absolute Gasteiger partial charge is 0.124 e. The first-order chi connectivity index (χ1) is 5.27. The topological polar surface area (TPSA) is 12.4 Å². The highest BCUT2D eigenvalue weighted by atomic mass is 32.2. The summed E-state index contributed by atoms with van der Waals surface area (Å²) < 4.78 is 12.7. The highest BCUT2D eigenvalue weighted by Gasteiger charge is 2.11. The molecule has 0 fully saturated rings. The van der Waals surface area contributed by atoms with Crippen molar-refractivity contribution in [2.75, 3.05) is 6.26 Å². The van der Waals surface area contributed by atoms with Crippen LogP contribution in [0.3, 0.4) is 0 Å². The second-order valence-electron chi connectivity index (χ2n) is 2.49. The second-order valence-corrected chi connectivity index (χ2v) is 4.42. The molecule has 1 aromatic carbocycles. The van der Waals surface area contributed by atoms with Gasteiger partial charge in [-0.25, -0.2) is 4.39 Å². The maximum atomic E-state index is 12.7. The Morgan fingerprint density at radius 3 is 3.09 bits per heavy atom. The maximum Gasteiger partial charge on any atom is 0.124 e. The molecular formula is C8H8FNS. The summed E-state index contributed by atoms with van der Waals surface area (Å²) in [6, 6.07) is 4.76. The van der Waals surface area contributed by atoms with Crippen LogP contribution in [0.15, 0.2) is 28.1 Å². The maximum absolute atomic E-state index is 12.7. The zero-order valence-corrected chi connectivity index (χ0v) is 6.98. The van der Waals surface area contributed by atoms with Crippen molar-refractivity contribution in [1.29, 1.82) is 0 Å². The monoisotopic (exact) mass is 169 g/mol. The molecule has 1 unspecified atom stereocenters. The van der Waals surface area contributed by atoms with Gasteiger partial charge < -0.3 is 0 Å². The Morgan fingerprint density at radius 2 is 2.27 bits per heavy atom. The third-order valence-electron chi connectivity index (χ3n) is 1.69. The Balaban J connectivity index is 2.58. The van der Waals surface area contributed by atoms with E-state index >= 15 is 0 Å². The molecule has 0 aromatic heterocycles. The molecule has 3 heteroatoms. The molecule has 2 rings (SSSR count). The Hall–Kier alpha value is -0.830. The largest absolute Gasteiger partial charge is 0.250 e. The van der Waals surface area contributed by atoms with Gasteiger partial charge in [-0.3, -0.25) is 4.99 Å². The van der Waals surface area contributed by atoms with Crippen LogP contribution in [-0.2, 0) is 0 Å². The van der Waals surface area contributed by atoms with E-state index in [1.807, 2.05) is 5.55 Å². The van der Waals surface area contributed by atoms with Crippen molar-refractivity contribution in [3.63, 3.8) is 0 Å². The van der Waals surface area contributed by atoms with Crippen LogP contribution in [-0.4, -0.2) is 11.8 Å². The number of nitrogens with zero attached hydrogens (tertiary/aromatic N) is 1. The molecule has 0 saturated carbocycles. The van der Waals surface area contributed by atoms with Gasteiger partial charge in [0.15, 0.2) is 0 Å². The van der Waals surface area contributed by atoms with Gasteiger partial charge in [0.25, 0.3) is 0 Å². The Labute approximate surface area is 67.3 Å². The van der Waals surface area contributed by atoms with Gasteiger partial charge in [0.2, 0.25) is 0 Å². The molecule has 0 bridgehead atoms. The zero-order valence-electron chi connectivity index (χ0n) is 6.08. The van der Waals surface area contributed by atoms with Gasteiger partial charge in [-0.2, -0.15) is 10.9 Å². The molecular weight excluding hydrogens is 161 g/mol. The van der Waals surface area contributed by atoms with Gasteiger partial charge in [-0.1, -0.05) is 0 Å². The van der Waals surface area contributed by atoms with Crippen molar-refractivity contribution in [2.24, 2.45) is 4.99 Å². The minimum Gasteiger partial charge on any atom is -0.250 e. The Morgan fingerprint density at radius 1 is 1.45 bits per heavy atom. The zero-order chi connectivity index (χ0) is 7.84. The van der Waals surface area contributed by atoms with E-state index in [-0.39, 0.29) is 16.7 Å². The number of halogens is 1. The van der Waals surface area contributed by atoms with E-state index in [1.165, 1.54) is 6.07 Å². The lowest BCUT2D eigenvalue weighted by molar-refractivity contribution is 0.624. The van der Waals surface area contributed by atoms with Gasteiger partial charge in [0.1, 0.15) is 5.82 Å². The first-order valence-electron chi connectivity index (χ1n) is 3.34. The van der Waals surface area contributed by atoms with E-state index < -0.39 is 0 Å². The molecule has 0 saturated heterocycles. The molecule has 1 aliphatic rings. The third kappa shape index (κ3) is 1.05. The standard InChI is InChI=1S/C8H8FNS/c1-11-5-10-7-3-2-6(9)4-8(7)11/h2-5,11H,1H3. The fourth-order valence-corrected chi connectivity index (χ4v) is 2.34. The number of thiol groups is 1. The second kappa shape index (κ2) is 2.34. The van der Waals surface area contributed by atoms with Crippen molar-refractivity contribution < 1.29 is 4.39 Å². The lowest BCUT2D eigenvalue weighted by atomic mass is 10.3. The van der Waals surface area contributed by atoms with Crippen LogP contribution in [0.25, 0.3) is 0 Å². The van der Waals surface area contributed by atoms with Gasteiger partial charge in [0, 0.05) is 10.4 Å². The molecule has 0 radical (unpaired) electrons. The number of aliphatic imine (C=N–C) groups is 1. The molecule has 0 aliphatic carbocycles. The predicted octanol–water partition coefficient (Wildman–Crippen LogP) is 2.49. The van der Waals surface area contributed by atoms with Gasteiger partial charge in [-0.05, 0) is 24.5 Å². The summed E-state index contributed by atoms with van der Waals surface area (Å²) >= 11 is 0. The van der Waals surface area contributed by atoms with E-state index in [1.54, 1.807) is 12.1 Å². The normalized spacial score (nSPS) is 23.6. The van der Waals surface area contributed by atoms with Gasteiger partial charge in [0.05, 0.1) is 5.69 Å². The third-order valence-corrected chi connectivity index (χ3v) is 3.27. The fourth-order valence-electron chi connectivity index (χ4n) is 1.10. The average Bonchev–Trinajstić information content (AvgIpc) is 2.33. The van der Waals surface area contributed by atoms with Crippen LogP contribution in [0.5, 0.6) is 0 Å². The molecule has 58 valence electrons. The van der Waals surface area contributed by atoms with E-state index in [0.29, 0.717) is 0 Å². The molecule has 1 aromatic rings. The molecule has 0 N–H and O–H groups in total. The summed E-state index contributed by atoms with van der Waals surface area (Å²) in [5, 5.41) is 0. The summed E-state index contributed by atoms with van der Waals surface area (Å²) in [6.07, 6.45) is 2.07. The van der Waals surface area contributed by atoms with Crippen molar-refractivity contribution in [1.82, 2.24) is 0 Å². The van der Waals surface area contributed by atoms with E-state index in [9.17, 15) is 4.39 Å². The highest BCUT2D eigenvalue weighted by Crippen LogP contribution is 2.43. The van der Waals surface area contributed by atoms with Crippen LogP contribution in [0.4, 0.5) is 10.1 Å². The molecule has 1 nitrogen and oxygen atoms in total. The number of hydrogen-bond acceptors (Lipinski definition) is 1. The van der Waals surface area contributed by atoms with Crippen molar-refractivity contribution in [2.45, 2.75) is 4.90 Å². The lowest BCUT2D eigenvalue weighted by Crippen LogP contribution is -1.77. The number of fused-ring (bicyclic) bond motifs is 1. The van der Waals surface area contributed by atoms with Crippen LogP contribution >= 0.6 is 10.9 Å². The summed E-state index contributed by atoms with van der Waals surface area (Å²) in [6.45, 7) is 0. The van der Waals surface area contributed by atoms with Crippen LogP contribution < -0.4 is 0 Å². The summed E-state index contributed by atoms with van der Waals surface area (Å²) in [5.41, 5.74) is 2.83. The molecule has 1 atom stereocenters. The van der Waals surface area contributed by atoms with Gasteiger partial charge >= 0.3 is 0 Å². The summed E-state index contributed by atoms with van der Waals surface area (Å²) in [7, 11) is -0.329. The summed E-state index contributed by atoms with van der Waals surface area (Å²) in [4.78, 5) is 5.21. The predicted molar refractivity (Wildman–Crippen MR) is 47.7 cm³/mol. The first-order valence-corrected chi connectivity index (χ1v) is 5.20. The highest BCUT2D eigenvalue weighted by molar-refractivity contribution is 8.28. The molecule has 1 heterocycles. The van der Waals surface area contributed by atoms with Crippen LogP contribution in [0, 0.1) is 5.82 Å². The van der Waals surface area contributed by atoms with Crippen LogP contribution in [0.2, 0.25) is 0 Å². The minimum atomic E-state index is -0.329. The molecule has 1 aliphatic heterocycles.